The number of anilines is 2. The highest BCUT2D eigenvalue weighted by Crippen LogP contribution is 2.16. The Morgan fingerprint density at radius 1 is 1.24 bits per heavy atom. The first-order valence-electron chi connectivity index (χ1n) is 5.78. The van der Waals surface area contributed by atoms with E-state index in [0.717, 1.165) is 19.5 Å². The number of aromatic nitrogens is 3. The lowest BCUT2D eigenvalue weighted by atomic mass is 9.95. The summed E-state index contributed by atoms with van der Waals surface area (Å²) in [5.74, 6) is 1.46. The summed E-state index contributed by atoms with van der Waals surface area (Å²) in [6, 6.07) is 0.291. The first kappa shape index (κ1) is 12.0. The molecule has 6 N–H and O–H groups in total. The minimum atomic E-state index is 0.175. The van der Waals surface area contributed by atoms with Gasteiger partial charge in [0.2, 0.25) is 11.9 Å². The molecule has 0 aliphatic carbocycles. The van der Waals surface area contributed by atoms with Gasteiger partial charge in [0.1, 0.15) is 5.82 Å². The van der Waals surface area contributed by atoms with Crippen LogP contribution in [-0.2, 0) is 6.54 Å². The molecule has 0 aromatic carbocycles. The fourth-order valence-corrected chi connectivity index (χ4v) is 2.12. The average Bonchev–Trinajstić information content (AvgIpc) is 2.22. The molecule has 17 heavy (non-hydrogen) atoms. The molecule has 7 heteroatoms. The third-order valence-corrected chi connectivity index (χ3v) is 3.14. The summed E-state index contributed by atoms with van der Waals surface area (Å²) in [5, 5.41) is 0. The van der Waals surface area contributed by atoms with Gasteiger partial charge < -0.3 is 17.2 Å². The minimum absolute atomic E-state index is 0.175. The summed E-state index contributed by atoms with van der Waals surface area (Å²) in [7, 11) is 0. The number of nitrogen functional groups attached to an aromatic ring is 2. The summed E-state index contributed by atoms with van der Waals surface area (Å²) >= 11 is 0. The molecule has 1 saturated heterocycles. The molecule has 0 spiro atoms. The summed E-state index contributed by atoms with van der Waals surface area (Å²) < 4.78 is 0. The zero-order chi connectivity index (χ0) is 12.4. The van der Waals surface area contributed by atoms with Gasteiger partial charge >= 0.3 is 0 Å². The Kier molecular flexibility index (Phi) is 3.39. The van der Waals surface area contributed by atoms with Crippen molar-refractivity contribution in [3.05, 3.63) is 5.82 Å². The summed E-state index contributed by atoms with van der Waals surface area (Å²) in [5.41, 5.74) is 17.0. The SMILES string of the molecule is CC1CN(Cc2nc(N)nc(N)n2)CCC1N. The lowest BCUT2D eigenvalue weighted by Crippen LogP contribution is -2.45. The van der Waals surface area contributed by atoms with E-state index in [1.165, 1.54) is 0 Å². The van der Waals surface area contributed by atoms with Crippen LogP contribution in [0.4, 0.5) is 11.9 Å². The zero-order valence-corrected chi connectivity index (χ0v) is 10.0. The fourth-order valence-electron chi connectivity index (χ4n) is 2.12. The van der Waals surface area contributed by atoms with E-state index in [-0.39, 0.29) is 11.9 Å². The van der Waals surface area contributed by atoms with E-state index in [4.69, 9.17) is 17.2 Å². The van der Waals surface area contributed by atoms with Gasteiger partial charge in [0.05, 0.1) is 6.54 Å². The molecule has 94 valence electrons. The largest absolute Gasteiger partial charge is 0.368 e. The van der Waals surface area contributed by atoms with Crippen molar-refractivity contribution in [3.63, 3.8) is 0 Å². The lowest BCUT2D eigenvalue weighted by molar-refractivity contribution is 0.154. The second-order valence-electron chi connectivity index (χ2n) is 4.63. The van der Waals surface area contributed by atoms with Crippen molar-refractivity contribution >= 4 is 11.9 Å². The van der Waals surface area contributed by atoms with Gasteiger partial charge in [0.15, 0.2) is 0 Å². The number of nitrogens with two attached hydrogens (primary N) is 3. The Morgan fingerprint density at radius 2 is 1.88 bits per heavy atom. The molecule has 0 radical (unpaired) electrons. The molecule has 1 fully saturated rings. The van der Waals surface area contributed by atoms with Crippen LogP contribution in [0.15, 0.2) is 0 Å². The number of rotatable bonds is 2. The van der Waals surface area contributed by atoms with Crippen LogP contribution < -0.4 is 17.2 Å². The van der Waals surface area contributed by atoms with E-state index in [1.54, 1.807) is 0 Å². The number of piperidine rings is 1. The molecule has 0 saturated carbocycles. The molecular formula is C10H19N7. The molecule has 0 bridgehead atoms. The highest BCUT2D eigenvalue weighted by molar-refractivity contribution is 5.25. The third-order valence-electron chi connectivity index (χ3n) is 3.14. The lowest BCUT2D eigenvalue weighted by Gasteiger charge is -2.34. The number of nitrogens with zero attached hydrogens (tertiary/aromatic N) is 4. The maximum atomic E-state index is 5.97. The van der Waals surface area contributed by atoms with Gasteiger partial charge in [-0.3, -0.25) is 4.90 Å². The first-order chi connectivity index (χ1) is 8.04. The van der Waals surface area contributed by atoms with Gasteiger partial charge in [-0.15, -0.1) is 0 Å². The van der Waals surface area contributed by atoms with Crippen molar-refractivity contribution in [1.82, 2.24) is 19.9 Å². The monoisotopic (exact) mass is 237 g/mol. The zero-order valence-electron chi connectivity index (χ0n) is 10.0. The van der Waals surface area contributed by atoms with Crippen LogP contribution in [0.3, 0.4) is 0 Å². The molecule has 1 aliphatic rings. The van der Waals surface area contributed by atoms with Gasteiger partial charge in [0, 0.05) is 19.1 Å². The highest BCUT2D eigenvalue weighted by atomic mass is 15.2. The van der Waals surface area contributed by atoms with Crippen LogP contribution in [0.25, 0.3) is 0 Å². The van der Waals surface area contributed by atoms with E-state index in [0.29, 0.717) is 24.3 Å². The van der Waals surface area contributed by atoms with E-state index in [9.17, 15) is 0 Å². The third kappa shape index (κ3) is 3.01. The minimum Gasteiger partial charge on any atom is -0.368 e. The topological polar surface area (TPSA) is 120 Å². The van der Waals surface area contributed by atoms with E-state index < -0.39 is 0 Å². The number of hydrogen-bond donors (Lipinski definition) is 3. The molecule has 2 rings (SSSR count). The van der Waals surface area contributed by atoms with Crippen LogP contribution in [0, 0.1) is 5.92 Å². The van der Waals surface area contributed by atoms with Crippen LogP contribution in [0.2, 0.25) is 0 Å². The second-order valence-corrected chi connectivity index (χ2v) is 4.63. The van der Waals surface area contributed by atoms with Gasteiger partial charge in [-0.1, -0.05) is 6.92 Å². The maximum absolute atomic E-state index is 5.97. The Balaban J connectivity index is 2.01. The molecule has 7 nitrogen and oxygen atoms in total. The van der Waals surface area contributed by atoms with Crippen LogP contribution in [0.1, 0.15) is 19.2 Å². The van der Waals surface area contributed by atoms with Crippen molar-refractivity contribution in [2.75, 3.05) is 24.6 Å². The molecule has 2 heterocycles. The van der Waals surface area contributed by atoms with Crippen molar-refractivity contribution < 1.29 is 0 Å². The van der Waals surface area contributed by atoms with Crippen molar-refractivity contribution in [2.45, 2.75) is 25.9 Å². The molecule has 1 aliphatic heterocycles. The average molecular weight is 237 g/mol. The Hall–Kier alpha value is -1.47. The summed E-state index contributed by atoms with van der Waals surface area (Å²) in [4.78, 5) is 14.2. The predicted molar refractivity (Wildman–Crippen MR) is 65.7 cm³/mol. The number of likely N-dealkylation sites (tertiary alicyclic amines) is 1. The summed E-state index contributed by atoms with van der Waals surface area (Å²) in [6.45, 7) is 4.71. The van der Waals surface area contributed by atoms with Crippen LogP contribution in [-0.4, -0.2) is 39.0 Å². The second kappa shape index (κ2) is 4.80. The van der Waals surface area contributed by atoms with E-state index >= 15 is 0 Å². The maximum Gasteiger partial charge on any atom is 0.225 e. The van der Waals surface area contributed by atoms with Gasteiger partial charge in [0.25, 0.3) is 0 Å². The molecule has 1 aromatic rings. The molecule has 0 amide bonds. The molecular weight excluding hydrogens is 218 g/mol. The van der Waals surface area contributed by atoms with E-state index in [1.807, 2.05) is 0 Å². The van der Waals surface area contributed by atoms with E-state index in [2.05, 4.69) is 26.8 Å². The van der Waals surface area contributed by atoms with Crippen LogP contribution >= 0.6 is 0 Å². The fraction of sp³-hybridized carbons (Fsp3) is 0.700. The predicted octanol–water partition coefficient (Wildman–Crippen LogP) is -0.795. The highest BCUT2D eigenvalue weighted by Gasteiger charge is 2.23. The molecule has 2 unspecified atom stereocenters. The van der Waals surface area contributed by atoms with Gasteiger partial charge in [-0.25, -0.2) is 0 Å². The quantitative estimate of drug-likeness (QED) is 0.616. The van der Waals surface area contributed by atoms with Crippen LogP contribution in [0.5, 0.6) is 0 Å². The normalized spacial score (nSPS) is 26.0. The number of hydrogen-bond acceptors (Lipinski definition) is 7. The Labute approximate surface area is 100 Å². The van der Waals surface area contributed by atoms with Gasteiger partial charge in [-0.2, -0.15) is 15.0 Å². The smallest absolute Gasteiger partial charge is 0.225 e. The Bertz CT molecular complexity index is 374. The first-order valence-corrected chi connectivity index (χ1v) is 5.78. The van der Waals surface area contributed by atoms with Crippen molar-refractivity contribution in [3.8, 4) is 0 Å². The van der Waals surface area contributed by atoms with Crippen molar-refractivity contribution in [2.24, 2.45) is 11.7 Å². The summed E-state index contributed by atoms with van der Waals surface area (Å²) in [6.07, 6.45) is 0.997. The molecule has 2 atom stereocenters. The Morgan fingerprint density at radius 3 is 2.47 bits per heavy atom. The molecule has 1 aromatic heterocycles. The standard InChI is InChI=1S/C10H19N7/c1-6-4-17(3-2-7(6)11)5-8-14-9(12)16-10(13)15-8/h6-7H,2-5,11H2,1H3,(H4,12,13,14,15,16). The van der Waals surface area contributed by atoms with Gasteiger partial charge in [-0.05, 0) is 12.3 Å². The van der Waals surface area contributed by atoms with Crippen molar-refractivity contribution in [1.29, 1.82) is 0 Å².